The molecule has 0 fully saturated rings. The first-order valence-electron chi connectivity index (χ1n) is 17.1. The summed E-state index contributed by atoms with van der Waals surface area (Å²) in [6, 6.07) is 59.5. The van der Waals surface area contributed by atoms with Gasteiger partial charge in [-0.15, -0.1) is 0 Å². The zero-order valence-corrected chi connectivity index (χ0v) is 27.3. The van der Waals surface area contributed by atoms with Gasteiger partial charge in [-0.3, -0.25) is 13.5 Å². The number of benzene rings is 7. The molecule has 238 valence electrons. The molecule has 51 heavy (non-hydrogen) atoms. The number of hydrogen-bond acceptors (Lipinski definition) is 3. The number of rotatable bonds is 4. The van der Waals surface area contributed by atoms with Crippen molar-refractivity contribution in [3.05, 3.63) is 170 Å². The largest absolute Gasteiger partial charge is 0.278 e. The number of aromatic nitrogens is 6. The highest BCUT2D eigenvalue weighted by Gasteiger charge is 2.21. The van der Waals surface area contributed by atoms with Crippen LogP contribution in [0.2, 0.25) is 0 Å². The minimum absolute atomic E-state index is 0.647. The summed E-state index contributed by atoms with van der Waals surface area (Å²) in [5.74, 6) is 1.53. The molecule has 0 atom stereocenters. The summed E-state index contributed by atoms with van der Waals surface area (Å²) in [6.07, 6.45) is 0. The van der Waals surface area contributed by atoms with Crippen LogP contribution in [0.4, 0.5) is 0 Å². The van der Waals surface area contributed by atoms with Crippen molar-refractivity contribution in [1.82, 2.24) is 28.5 Å². The van der Waals surface area contributed by atoms with E-state index < -0.39 is 0 Å². The standard InChI is InChI=1S/C45H28N6/c1-3-13-29(14-4-1)31-23-25-41-42(27-31)51-40-22-12-10-20-37(40)47-45(51)49(41)32-24-26-39-35(28-32)33-17-8-11-21-38(33)50(39)44-46-36-19-9-7-18-34(36)43(48-44)30-15-5-2-6-16-30/h1-28H. The molecule has 11 aromatic rings. The summed E-state index contributed by atoms with van der Waals surface area (Å²) in [5, 5.41) is 3.29. The molecule has 6 heteroatoms. The van der Waals surface area contributed by atoms with Crippen molar-refractivity contribution in [3.8, 4) is 34.0 Å². The Morgan fingerprint density at radius 3 is 1.82 bits per heavy atom. The number of nitrogens with zero attached hydrogens (tertiary/aromatic N) is 6. The third-order valence-corrected chi connectivity index (χ3v) is 10.1. The van der Waals surface area contributed by atoms with E-state index in [-0.39, 0.29) is 0 Å². The fraction of sp³-hybridized carbons (Fsp3) is 0. The van der Waals surface area contributed by atoms with Gasteiger partial charge in [0.15, 0.2) is 0 Å². The van der Waals surface area contributed by atoms with Crippen LogP contribution in [0.3, 0.4) is 0 Å². The van der Waals surface area contributed by atoms with Gasteiger partial charge in [-0.2, -0.15) is 0 Å². The first-order chi connectivity index (χ1) is 25.3. The van der Waals surface area contributed by atoms with E-state index in [4.69, 9.17) is 15.0 Å². The molecule has 11 rings (SSSR count). The van der Waals surface area contributed by atoms with Crippen LogP contribution in [0.15, 0.2) is 170 Å². The number of imidazole rings is 2. The van der Waals surface area contributed by atoms with Gasteiger partial charge >= 0.3 is 0 Å². The smallest absolute Gasteiger partial charge is 0.235 e. The molecule has 7 aromatic carbocycles. The summed E-state index contributed by atoms with van der Waals surface area (Å²) in [5.41, 5.74) is 12.6. The van der Waals surface area contributed by atoms with Crippen LogP contribution in [-0.4, -0.2) is 28.5 Å². The van der Waals surface area contributed by atoms with E-state index in [1.807, 2.05) is 18.2 Å². The first kappa shape index (κ1) is 27.9. The molecule has 4 aromatic heterocycles. The Morgan fingerprint density at radius 1 is 0.353 bits per heavy atom. The van der Waals surface area contributed by atoms with E-state index >= 15 is 0 Å². The molecule has 0 bridgehead atoms. The summed E-state index contributed by atoms with van der Waals surface area (Å²) >= 11 is 0. The van der Waals surface area contributed by atoms with Gasteiger partial charge in [0, 0.05) is 27.4 Å². The van der Waals surface area contributed by atoms with Crippen LogP contribution in [0.5, 0.6) is 0 Å². The lowest BCUT2D eigenvalue weighted by Crippen LogP contribution is -2.03. The fourth-order valence-corrected chi connectivity index (χ4v) is 7.76. The Bertz CT molecular complexity index is 3130. The van der Waals surface area contributed by atoms with Crippen molar-refractivity contribution >= 4 is 60.6 Å². The SMILES string of the molecule is c1ccc(-c2ccc3c(c2)n2c4ccccc4nc2n3-c2ccc3c(c2)c2ccccc2n3-c2nc(-c3ccccc3)c3ccccc3n2)cc1. The Balaban J connectivity index is 1.18. The molecule has 0 aliphatic rings. The Morgan fingerprint density at radius 2 is 1.00 bits per heavy atom. The van der Waals surface area contributed by atoms with Gasteiger partial charge in [-0.1, -0.05) is 115 Å². The lowest BCUT2D eigenvalue weighted by molar-refractivity contribution is 1.01. The van der Waals surface area contributed by atoms with E-state index in [9.17, 15) is 0 Å². The third-order valence-electron chi connectivity index (χ3n) is 10.1. The van der Waals surface area contributed by atoms with Gasteiger partial charge < -0.3 is 0 Å². The predicted molar refractivity (Wildman–Crippen MR) is 208 cm³/mol. The van der Waals surface area contributed by atoms with E-state index in [2.05, 4.69) is 165 Å². The maximum Gasteiger partial charge on any atom is 0.235 e. The van der Waals surface area contributed by atoms with Gasteiger partial charge in [0.05, 0.1) is 44.3 Å². The van der Waals surface area contributed by atoms with Gasteiger partial charge in [0.2, 0.25) is 11.7 Å². The maximum atomic E-state index is 5.26. The van der Waals surface area contributed by atoms with Crippen molar-refractivity contribution < 1.29 is 0 Å². The van der Waals surface area contributed by atoms with Crippen molar-refractivity contribution in [2.45, 2.75) is 0 Å². The van der Waals surface area contributed by atoms with Gasteiger partial charge in [0.1, 0.15) is 0 Å². The lowest BCUT2D eigenvalue weighted by atomic mass is 10.1. The van der Waals surface area contributed by atoms with Crippen LogP contribution < -0.4 is 0 Å². The topological polar surface area (TPSA) is 52.9 Å². The molecule has 0 saturated heterocycles. The number of para-hydroxylation sites is 4. The van der Waals surface area contributed by atoms with Crippen molar-refractivity contribution in [2.24, 2.45) is 0 Å². The highest BCUT2D eigenvalue weighted by atomic mass is 15.2. The Hall–Kier alpha value is -7.05. The van der Waals surface area contributed by atoms with Crippen LogP contribution in [0.25, 0.3) is 94.6 Å². The second-order valence-corrected chi connectivity index (χ2v) is 13.0. The molecule has 0 N–H and O–H groups in total. The molecule has 0 aliphatic carbocycles. The minimum atomic E-state index is 0.647. The Kier molecular flexibility index (Phi) is 5.86. The third kappa shape index (κ3) is 4.14. The fourth-order valence-electron chi connectivity index (χ4n) is 7.76. The van der Waals surface area contributed by atoms with Crippen molar-refractivity contribution in [2.75, 3.05) is 0 Å². The molecular weight excluding hydrogens is 625 g/mol. The van der Waals surface area contributed by atoms with Crippen LogP contribution in [-0.2, 0) is 0 Å². The molecule has 0 radical (unpaired) electrons. The molecule has 4 heterocycles. The summed E-state index contributed by atoms with van der Waals surface area (Å²) in [4.78, 5) is 15.6. The lowest BCUT2D eigenvalue weighted by Gasteiger charge is -2.12. The molecule has 0 unspecified atom stereocenters. The quantitative estimate of drug-likeness (QED) is 0.190. The van der Waals surface area contributed by atoms with Gasteiger partial charge in [-0.25, -0.2) is 15.0 Å². The van der Waals surface area contributed by atoms with E-state index in [1.54, 1.807) is 0 Å². The zero-order valence-electron chi connectivity index (χ0n) is 27.3. The molecule has 0 aliphatic heterocycles. The summed E-state index contributed by atoms with van der Waals surface area (Å²) < 4.78 is 6.78. The normalized spacial score (nSPS) is 11.9. The molecule has 0 amide bonds. The minimum Gasteiger partial charge on any atom is -0.278 e. The average Bonchev–Trinajstić information content (AvgIpc) is 3.84. The van der Waals surface area contributed by atoms with E-state index in [0.717, 1.165) is 77.5 Å². The van der Waals surface area contributed by atoms with Crippen LogP contribution >= 0.6 is 0 Å². The average molecular weight is 653 g/mol. The molecule has 0 spiro atoms. The van der Waals surface area contributed by atoms with Crippen LogP contribution in [0, 0.1) is 0 Å². The molecule has 0 saturated carbocycles. The van der Waals surface area contributed by atoms with Crippen molar-refractivity contribution in [3.63, 3.8) is 0 Å². The summed E-state index contributed by atoms with van der Waals surface area (Å²) in [7, 11) is 0. The predicted octanol–water partition coefficient (Wildman–Crippen LogP) is 10.8. The molecule has 6 nitrogen and oxygen atoms in total. The first-order valence-corrected chi connectivity index (χ1v) is 17.1. The second-order valence-electron chi connectivity index (χ2n) is 13.0. The second kappa shape index (κ2) is 10.7. The number of fused-ring (bicyclic) bond motifs is 9. The highest BCUT2D eigenvalue weighted by molar-refractivity contribution is 6.10. The van der Waals surface area contributed by atoms with Gasteiger partial charge in [-0.05, 0) is 65.7 Å². The van der Waals surface area contributed by atoms with Crippen molar-refractivity contribution in [1.29, 1.82) is 0 Å². The van der Waals surface area contributed by atoms with E-state index in [0.29, 0.717) is 5.95 Å². The van der Waals surface area contributed by atoms with E-state index in [1.165, 1.54) is 11.1 Å². The van der Waals surface area contributed by atoms with Crippen LogP contribution in [0.1, 0.15) is 0 Å². The highest BCUT2D eigenvalue weighted by Crippen LogP contribution is 2.37. The Labute approximate surface area is 292 Å². The molecular formula is C45H28N6. The number of hydrogen-bond donors (Lipinski definition) is 0. The maximum absolute atomic E-state index is 5.26. The zero-order chi connectivity index (χ0) is 33.5. The van der Waals surface area contributed by atoms with Gasteiger partial charge in [0.25, 0.3) is 0 Å². The monoisotopic (exact) mass is 652 g/mol. The summed E-state index contributed by atoms with van der Waals surface area (Å²) in [6.45, 7) is 0.